The molecule has 3 nitrogen and oxygen atoms in total. The van der Waals surface area contributed by atoms with E-state index in [4.69, 9.17) is 4.98 Å². The Kier molecular flexibility index (Phi) is 7.60. The van der Waals surface area contributed by atoms with Crippen LogP contribution in [0, 0.1) is 0 Å². The van der Waals surface area contributed by atoms with Crippen molar-refractivity contribution in [2.75, 3.05) is 19.6 Å². The van der Waals surface area contributed by atoms with E-state index in [1.807, 2.05) is 0 Å². The maximum atomic E-state index is 4.87. The first-order valence-corrected chi connectivity index (χ1v) is 9.46. The summed E-state index contributed by atoms with van der Waals surface area (Å²) >= 11 is 0. The molecule has 0 saturated heterocycles. The minimum atomic E-state index is 1.08. The number of hydrogen-bond donors (Lipinski definition) is 0. The fraction of sp³-hybridized carbons (Fsp3) is 0.650. The number of aryl methyl sites for hydroxylation is 2. The minimum absolute atomic E-state index is 1.08. The van der Waals surface area contributed by atoms with E-state index in [2.05, 4.69) is 54.5 Å². The van der Waals surface area contributed by atoms with Crippen LogP contribution in [-0.4, -0.2) is 34.1 Å². The highest BCUT2D eigenvalue weighted by molar-refractivity contribution is 5.75. The zero-order valence-corrected chi connectivity index (χ0v) is 15.2. The van der Waals surface area contributed by atoms with Crippen molar-refractivity contribution in [3.63, 3.8) is 0 Å². The highest BCUT2D eigenvalue weighted by Gasteiger charge is 2.09. The first kappa shape index (κ1) is 18.0. The average Bonchev–Trinajstić information content (AvgIpc) is 2.90. The molecule has 0 aliphatic carbocycles. The van der Waals surface area contributed by atoms with E-state index in [0.29, 0.717) is 0 Å². The van der Waals surface area contributed by atoms with E-state index < -0.39 is 0 Å². The molecule has 0 aliphatic heterocycles. The predicted molar refractivity (Wildman–Crippen MR) is 100.0 cm³/mol. The second-order valence-corrected chi connectivity index (χ2v) is 6.47. The Balaban J connectivity index is 1.92. The van der Waals surface area contributed by atoms with Crippen LogP contribution in [0.5, 0.6) is 0 Å². The molecular formula is C20H33N3. The zero-order chi connectivity index (χ0) is 16.5. The lowest BCUT2D eigenvalue weighted by molar-refractivity contribution is 0.269. The van der Waals surface area contributed by atoms with Gasteiger partial charge in [-0.3, -0.25) is 0 Å². The molecule has 1 heterocycles. The fourth-order valence-electron chi connectivity index (χ4n) is 3.38. The highest BCUT2D eigenvalue weighted by atomic mass is 15.1. The molecule has 0 amide bonds. The predicted octanol–water partition coefficient (Wildman–Crippen LogP) is 4.89. The number of imidazole rings is 1. The second-order valence-electron chi connectivity index (χ2n) is 6.47. The van der Waals surface area contributed by atoms with Crippen molar-refractivity contribution in [3.05, 3.63) is 30.1 Å². The Morgan fingerprint density at radius 2 is 1.65 bits per heavy atom. The topological polar surface area (TPSA) is 21.1 Å². The largest absolute Gasteiger partial charge is 0.328 e. The quantitative estimate of drug-likeness (QED) is 0.550. The molecule has 0 atom stereocenters. The molecule has 0 radical (unpaired) electrons. The van der Waals surface area contributed by atoms with Crippen molar-refractivity contribution >= 4 is 11.0 Å². The summed E-state index contributed by atoms with van der Waals surface area (Å²) in [5.74, 6) is 1.27. The molecule has 0 N–H and O–H groups in total. The molecular weight excluding hydrogens is 282 g/mol. The molecule has 23 heavy (non-hydrogen) atoms. The van der Waals surface area contributed by atoms with Gasteiger partial charge in [-0.2, -0.15) is 0 Å². The smallest absolute Gasteiger partial charge is 0.109 e. The van der Waals surface area contributed by atoms with Crippen LogP contribution in [-0.2, 0) is 13.0 Å². The van der Waals surface area contributed by atoms with Crippen LogP contribution in [0.25, 0.3) is 11.0 Å². The number of benzene rings is 1. The van der Waals surface area contributed by atoms with Crippen molar-refractivity contribution in [1.29, 1.82) is 0 Å². The van der Waals surface area contributed by atoms with E-state index in [-0.39, 0.29) is 0 Å². The molecule has 0 fully saturated rings. The van der Waals surface area contributed by atoms with Crippen LogP contribution in [0.3, 0.4) is 0 Å². The first-order chi connectivity index (χ1) is 11.3. The van der Waals surface area contributed by atoms with E-state index >= 15 is 0 Å². The average molecular weight is 316 g/mol. The van der Waals surface area contributed by atoms with Gasteiger partial charge in [-0.1, -0.05) is 32.9 Å². The van der Waals surface area contributed by atoms with E-state index in [1.165, 1.54) is 56.7 Å². The van der Waals surface area contributed by atoms with Crippen LogP contribution in [0.15, 0.2) is 24.3 Å². The zero-order valence-electron chi connectivity index (χ0n) is 15.2. The maximum Gasteiger partial charge on any atom is 0.109 e. The third-order valence-corrected chi connectivity index (χ3v) is 4.39. The third kappa shape index (κ3) is 5.07. The van der Waals surface area contributed by atoms with Crippen molar-refractivity contribution in [3.8, 4) is 0 Å². The van der Waals surface area contributed by atoms with Gasteiger partial charge < -0.3 is 9.47 Å². The lowest BCUT2D eigenvalue weighted by atomic mass is 10.2. The number of nitrogens with zero attached hydrogens (tertiary/aromatic N) is 3. The summed E-state index contributed by atoms with van der Waals surface area (Å²) in [5, 5.41) is 0. The number of rotatable bonds is 11. The fourth-order valence-corrected chi connectivity index (χ4v) is 3.38. The van der Waals surface area contributed by atoms with Crippen LogP contribution >= 0.6 is 0 Å². The molecule has 2 rings (SSSR count). The molecule has 1 aromatic carbocycles. The Morgan fingerprint density at radius 1 is 0.913 bits per heavy atom. The molecule has 0 bridgehead atoms. The Labute approximate surface area is 141 Å². The molecule has 0 saturated carbocycles. The van der Waals surface area contributed by atoms with Gasteiger partial charge in [0.2, 0.25) is 0 Å². The monoisotopic (exact) mass is 315 g/mol. The molecule has 3 heteroatoms. The molecule has 0 unspecified atom stereocenters. The van der Waals surface area contributed by atoms with Gasteiger partial charge in [-0.05, 0) is 63.9 Å². The van der Waals surface area contributed by atoms with Gasteiger partial charge in [0.05, 0.1) is 11.0 Å². The Morgan fingerprint density at radius 3 is 2.35 bits per heavy atom. The van der Waals surface area contributed by atoms with E-state index in [9.17, 15) is 0 Å². The summed E-state index contributed by atoms with van der Waals surface area (Å²) in [7, 11) is 0. The van der Waals surface area contributed by atoms with Gasteiger partial charge in [0.15, 0.2) is 0 Å². The summed E-state index contributed by atoms with van der Waals surface area (Å²) in [4.78, 5) is 7.48. The lowest BCUT2D eigenvalue weighted by Crippen LogP contribution is -2.26. The molecule has 2 aromatic rings. The molecule has 1 aromatic heterocycles. The number of unbranched alkanes of at least 4 members (excludes halogenated alkanes) is 1. The standard InChI is InChI=1S/C20H33N3/c1-4-14-22(15-5-2)17-10-9-13-20-21-18-11-7-8-12-19(18)23(20)16-6-3/h7-8,11-12H,4-6,9-10,13-17H2,1-3H3. The van der Waals surface area contributed by atoms with Gasteiger partial charge in [-0.15, -0.1) is 0 Å². The van der Waals surface area contributed by atoms with Crippen molar-refractivity contribution in [2.24, 2.45) is 0 Å². The number of para-hydroxylation sites is 2. The van der Waals surface area contributed by atoms with Crippen LogP contribution < -0.4 is 0 Å². The molecule has 0 aliphatic rings. The van der Waals surface area contributed by atoms with Crippen molar-refractivity contribution in [1.82, 2.24) is 14.5 Å². The number of aromatic nitrogens is 2. The number of fused-ring (bicyclic) bond motifs is 1. The van der Waals surface area contributed by atoms with Gasteiger partial charge >= 0.3 is 0 Å². The van der Waals surface area contributed by atoms with E-state index in [0.717, 1.165) is 24.9 Å². The van der Waals surface area contributed by atoms with Crippen LogP contribution in [0.4, 0.5) is 0 Å². The summed E-state index contributed by atoms with van der Waals surface area (Å²) in [6.07, 6.45) is 7.28. The van der Waals surface area contributed by atoms with Crippen molar-refractivity contribution < 1.29 is 0 Å². The van der Waals surface area contributed by atoms with Gasteiger partial charge in [0.25, 0.3) is 0 Å². The summed E-state index contributed by atoms with van der Waals surface area (Å²) in [6, 6.07) is 8.54. The summed E-state index contributed by atoms with van der Waals surface area (Å²) < 4.78 is 2.42. The first-order valence-electron chi connectivity index (χ1n) is 9.46. The maximum absolute atomic E-state index is 4.87. The van der Waals surface area contributed by atoms with Crippen LogP contribution in [0.1, 0.15) is 58.7 Å². The van der Waals surface area contributed by atoms with Gasteiger partial charge in [0, 0.05) is 13.0 Å². The summed E-state index contributed by atoms with van der Waals surface area (Å²) in [6.45, 7) is 11.6. The normalized spacial score (nSPS) is 11.7. The number of hydrogen-bond acceptors (Lipinski definition) is 2. The van der Waals surface area contributed by atoms with Crippen molar-refractivity contribution in [2.45, 2.75) is 65.8 Å². The van der Waals surface area contributed by atoms with E-state index in [1.54, 1.807) is 0 Å². The Bertz CT molecular complexity index is 567. The second kappa shape index (κ2) is 9.71. The highest BCUT2D eigenvalue weighted by Crippen LogP contribution is 2.18. The van der Waals surface area contributed by atoms with Gasteiger partial charge in [-0.25, -0.2) is 4.98 Å². The molecule has 128 valence electrons. The van der Waals surface area contributed by atoms with Crippen LogP contribution in [0.2, 0.25) is 0 Å². The Hall–Kier alpha value is -1.35. The molecule has 0 spiro atoms. The van der Waals surface area contributed by atoms with Gasteiger partial charge in [0.1, 0.15) is 5.82 Å². The SMILES string of the molecule is CCCN(CCC)CCCCc1nc2ccccc2n1CCC. The summed E-state index contributed by atoms with van der Waals surface area (Å²) in [5.41, 5.74) is 2.44. The minimum Gasteiger partial charge on any atom is -0.328 e. The third-order valence-electron chi connectivity index (χ3n) is 4.39. The lowest BCUT2D eigenvalue weighted by Gasteiger charge is -2.20.